The number of hydrazone groups is 1. The summed E-state index contributed by atoms with van der Waals surface area (Å²) in [6.07, 6.45) is 2.34. The van der Waals surface area contributed by atoms with Gasteiger partial charge in [-0.2, -0.15) is 5.10 Å². The molecule has 0 radical (unpaired) electrons. The average molecular weight is 384 g/mol. The van der Waals surface area contributed by atoms with Gasteiger partial charge in [0.1, 0.15) is 11.5 Å². The number of pyridine rings is 1. The number of fused-ring (bicyclic) bond motifs is 3. The molecule has 1 amide bonds. The molecule has 0 saturated carbocycles. The summed E-state index contributed by atoms with van der Waals surface area (Å²) in [6, 6.07) is 11.5. The van der Waals surface area contributed by atoms with Gasteiger partial charge in [0.05, 0.1) is 5.71 Å². The summed E-state index contributed by atoms with van der Waals surface area (Å²) in [5.41, 5.74) is 6.09. The van der Waals surface area contributed by atoms with Crippen molar-refractivity contribution in [2.24, 2.45) is 5.10 Å². The quantitative estimate of drug-likeness (QED) is 0.593. The van der Waals surface area contributed by atoms with E-state index in [-0.39, 0.29) is 5.91 Å². The molecule has 0 fully saturated rings. The zero-order chi connectivity index (χ0) is 16.5. The summed E-state index contributed by atoms with van der Waals surface area (Å²) in [6.45, 7) is 0.541. The number of amides is 1. The third kappa shape index (κ3) is 2.67. The Morgan fingerprint density at radius 1 is 1.25 bits per heavy atom. The highest BCUT2D eigenvalue weighted by Crippen LogP contribution is 2.28. The first-order valence-electron chi connectivity index (χ1n) is 7.56. The third-order valence-corrected chi connectivity index (χ3v) is 4.39. The van der Waals surface area contributed by atoms with Crippen molar-refractivity contribution in [1.29, 1.82) is 0 Å². The minimum atomic E-state index is -0.111. The van der Waals surface area contributed by atoms with Gasteiger partial charge in [0, 0.05) is 40.1 Å². The Kier molecular flexibility index (Phi) is 3.78. The predicted octanol–water partition coefficient (Wildman–Crippen LogP) is 3.28. The molecule has 7 heteroatoms. The van der Waals surface area contributed by atoms with Crippen molar-refractivity contribution in [3.05, 3.63) is 58.3 Å². The van der Waals surface area contributed by atoms with E-state index >= 15 is 0 Å². The molecular formula is C17H14BrN5O. The molecule has 0 spiro atoms. The van der Waals surface area contributed by atoms with Crippen LogP contribution in [0, 0.1) is 0 Å². The summed E-state index contributed by atoms with van der Waals surface area (Å²) in [5, 5.41) is 8.39. The van der Waals surface area contributed by atoms with E-state index in [0.29, 0.717) is 24.5 Å². The van der Waals surface area contributed by atoms with Crippen molar-refractivity contribution in [2.75, 3.05) is 12.0 Å². The zero-order valence-electron chi connectivity index (χ0n) is 12.6. The number of hydrogen-bond acceptors (Lipinski definition) is 4. The number of aromatic nitrogens is 2. The molecule has 0 atom stereocenters. The van der Waals surface area contributed by atoms with E-state index in [2.05, 4.69) is 41.7 Å². The lowest BCUT2D eigenvalue weighted by atomic mass is 10.0. The smallest absolute Gasteiger partial charge is 0.268 e. The molecule has 0 aliphatic carbocycles. The Balaban J connectivity index is 1.84. The van der Waals surface area contributed by atoms with Crippen LogP contribution in [-0.2, 0) is 0 Å². The number of carbonyl (C=O) groups is 1. The van der Waals surface area contributed by atoms with E-state index in [4.69, 9.17) is 0 Å². The van der Waals surface area contributed by atoms with E-state index in [1.165, 1.54) is 0 Å². The summed E-state index contributed by atoms with van der Waals surface area (Å²) in [4.78, 5) is 19.7. The molecule has 0 bridgehead atoms. The predicted molar refractivity (Wildman–Crippen MR) is 97.3 cm³/mol. The fourth-order valence-electron chi connectivity index (χ4n) is 2.81. The molecule has 1 aliphatic rings. The number of benzene rings is 1. The number of H-pyrrole nitrogens is 1. The van der Waals surface area contributed by atoms with Crippen molar-refractivity contribution in [2.45, 2.75) is 6.42 Å². The molecule has 3 N–H and O–H groups in total. The first-order valence-corrected chi connectivity index (χ1v) is 8.35. The number of hydrogen-bond donors (Lipinski definition) is 3. The minimum absolute atomic E-state index is 0.111. The van der Waals surface area contributed by atoms with Crippen LogP contribution < -0.4 is 10.7 Å². The number of carbonyl (C=O) groups excluding carboxylic acids is 1. The number of halogens is 1. The highest BCUT2D eigenvalue weighted by atomic mass is 79.9. The normalized spacial score (nSPS) is 15.9. The number of nitrogens with zero attached hydrogens (tertiary/aromatic N) is 2. The van der Waals surface area contributed by atoms with Crippen LogP contribution in [0.5, 0.6) is 0 Å². The van der Waals surface area contributed by atoms with Gasteiger partial charge in [-0.15, -0.1) is 0 Å². The Morgan fingerprint density at radius 2 is 2.17 bits per heavy atom. The van der Waals surface area contributed by atoms with Crippen LogP contribution in [0.1, 0.15) is 22.5 Å². The van der Waals surface area contributed by atoms with Crippen molar-refractivity contribution >= 4 is 44.3 Å². The largest absolute Gasteiger partial charge is 0.350 e. The molecule has 0 saturated heterocycles. The summed E-state index contributed by atoms with van der Waals surface area (Å²) < 4.78 is 0.957. The summed E-state index contributed by atoms with van der Waals surface area (Å²) in [7, 11) is 0. The Morgan fingerprint density at radius 3 is 3.00 bits per heavy atom. The van der Waals surface area contributed by atoms with Crippen LogP contribution in [0.2, 0.25) is 0 Å². The summed E-state index contributed by atoms with van der Waals surface area (Å²) >= 11 is 3.50. The van der Waals surface area contributed by atoms with E-state index in [1.807, 2.05) is 36.4 Å². The maximum absolute atomic E-state index is 12.3. The van der Waals surface area contributed by atoms with Gasteiger partial charge < -0.3 is 10.3 Å². The second-order valence-corrected chi connectivity index (χ2v) is 6.37. The lowest BCUT2D eigenvalue weighted by Crippen LogP contribution is -2.23. The van der Waals surface area contributed by atoms with E-state index in [9.17, 15) is 4.79 Å². The van der Waals surface area contributed by atoms with Crippen LogP contribution in [0.3, 0.4) is 0 Å². The molecule has 6 nitrogen and oxygen atoms in total. The van der Waals surface area contributed by atoms with Crippen LogP contribution in [0.15, 0.2) is 52.2 Å². The van der Waals surface area contributed by atoms with Gasteiger partial charge in [-0.1, -0.05) is 22.0 Å². The molecule has 120 valence electrons. The number of aromatic amines is 1. The SMILES string of the molecule is O=C1NCC/C(=N/Nc2ccccn2)c2c1[nH]c1ccc(Br)cc21. The molecule has 24 heavy (non-hydrogen) atoms. The van der Waals surface area contributed by atoms with Crippen molar-refractivity contribution in [3.8, 4) is 0 Å². The molecule has 1 aromatic carbocycles. The van der Waals surface area contributed by atoms with Crippen LogP contribution in [0.25, 0.3) is 10.9 Å². The second-order valence-electron chi connectivity index (χ2n) is 5.46. The van der Waals surface area contributed by atoms with Crippen LogP contribution >= 0.6 is 15.9 Å². The zero-order valence-corrected chi connectivity index (χ0v) is 14.2. The molecule has 3 aromatic rings. The molecule has 2 aromatic heterocycles. The monoisotopic (exact) mass is 383 g/mol. The number of nitrogens with one attached hydrogen (secondary N) is 3. The number of rotatable bonds is 2. The van der Waals surface area contributed by atoms with E-state index in [0.717, 1.165) is 26.7 Å². The maximum Gasteiger partial charge on any atom is 0.268 e. The van der Waals surface area contributed by atoms with E-state index < -0.39 is 0 Å². The van der Waals surface area contributed by atoms with Gasteiger partial charge in [-0.05, 0) is 30.3 Å². The average Bonchev–Trinajstić information content (AvgIpc) is 2.89. The minimum Gasteiger partial charge on any atom is -0.350 e. The van der Waals surface area contributed by atoms with Crippen molar-refractivity contribution < 1.29 is 4.79 Å². The molecule has 1 aliphatic heterocycles. The summed E-state index contributed by atoms with van der Waals surface area (Å²) in [5.74, 6) is 0.552. The fourth-order valence-corrected chi connectivity index (χ4v) is 3.17. The fraction of sp³-hybridized carbons (Fsp3) is 0.118. The van der Waals surface area contributed by atoms with Gasteiger partial charge in [0.2, 0.25) is 0 Å². The topological polar surface area (TPSA) is 82.2 Å². The molecule has 0 unspecified atom stereocenters. The van der Waals surface area contributed by atoms with Gasteiger partial charge in [-0.25, -0.2) is 4.98 Å². The molecular weight excluding hydrogens is 370 g/mol. The Labute approximate surface area is 146 Å². The third-order valence-electron chi connectivity index (χ3n) is 3.89. The first-order chi connectivity index (χ1) is 11.7. The van der Waals surface area contributed by atoms with Crippen molar-refractivity contribution in [1.82, 2.24) is 15.3 Å². The molecule has 3 heterocycles. The van der Waals surface area contributed by atoms with E-state index in [1.54, 1.807) is 6.20 Å². The van der Waals surface area contributed by atoms with Crippen LogP contribution in [-0.4, -0.2) is 28.1 Å². The maximum atomic E-state index is 12.3. The van der Waals surface area contributed by atoms with Gasteiger partial charge >= 0.3 is 0 Å². The lowest BCUT2D eigenvalue weighted by Gasteiger charge is -2.05. The standard InChI is InChI=1S/C17H14BrN5O/c18-10-4-5-12-11(9-10)15-13(6-8-20-17(24)16(15)21-12)22-23-14-3-1-2-7-19-14/h1-5,7,9,21H,6,8H2,(H,19,23)(H,20,24)/b22-13-. The second kappa shape index (κ2) is 6.09. The lowest BCUT2D eigenvalue weighted by molar-refractivity contribution is 0.0952. The highest BCUT2D eigenvalue weighted by Gasteiger charge is 2.25. The Bertz CT molecular complexity index is 948. The highest BCUT2D eigenvalue weighted by molar-refractivity contribution is 9.10. The van der Waals surface area contributed by atoms with Gasteiger partial charge in [0.15, 0.2) is 0 Å². The van der Waals surface area contributed by atoms with Crippen molar-refractivity contribution in [3.63, 3.8) is 0 Å². The first kappa shape index (κ1) is 14.9. The molecule has 4 rings (SSSR count). The van der Waals surface area contributed by atoms with Gasteiger partial charge in [-0.3, -0.25) is 10.2 Å². The van der Waals surface area contributed by atoms with Crippen LogP contribution in [0.4, 0.5) is 5.82 Å². The Hall–Kier alpha value is -2.67. The number of anilines is 1. The van der Waals surface area contributed by atoms with Gasteiger partial charge in [0.25, 0.3) is 5.91 Å².